The lowest BCUT2D eigenvalue weighted by Gasteiger charge is -2.30. The Balaban J connectivity index is 1.00. The van der Waals surface area contributed by atoms with E-state index < -0.39 is 17.6 Å². The van der Waals surface area contributed by atoms with Crippen LogP contribution >= 0.6 is 0 Å². The van der Waals surface area contributed by atoms with Crippen molar-refractivity contribution in [2.75, 3.05) is 51.2 Å². The number of nitrogens with zero attached hydrogens (tertiary/aromatic N) is 4. The van der Waals surface area contributed by atoms with Gasteiger partial charge in [-0.25, -0.2) is 4.39 Å². The van der Waals surface area contributed by atoms with Crippen molar-refractivity contribution in [1.29, 1.82) is 0 Å². The number of aryl methyl sites for hydroxylation is 1. The molecule has 4 aromatic carbocycles. The summed E-state index contributed by atoms with van der Waals surface area (Å²) in [7, 11) is 1.94. The maximum absolute atomic E-state index is 14.5. The van der Waals surface area contributed by atoms with Crippen LogP contribution in [0.1, 0.15) is 60.3 Å². The number of anilines is 1. The Kier molecular flexibility index (Phi) is 9.21. The molecule has 246 valence electrons. The summed E-state index contributed by atoms with van der Waals surface area (Å²) >= 11 is 0. The van der Waals surface area contributed by atoms with Crippen molar-refractivity contribution in [3.05, 3.63) is 113 Å². The number of carbonyl (C=O) groups excluding carboxylic acids is 4. The van der Waals surface area contributed by atoms with E-state index in [1.165, 1.54) is 21.9 Å². The van der Waals surface area contributed by atoms with Crippen molar-refractivity contribution >= 4 is 50.9 Å². The van der Waals surface area contributed by atoms with E-state index in [0.29, 0.717) is 59.2 Å². The third kappa shape index (κ3) is 5.78. The number of imide groups is 2. The summed E-state index contributed by atoms with van der Waals surface area (Å²) in [5.41, 5.74) is 3.29. The van der Waals surface area contributed by atoms with Crippen molar-refractivity contribution in [2.24, 2.45) is 0 Å². The number of hydrogen-bond acceptors (Lipinski definition) is 7. The molecule has 6 rings (SSSR count). The fourth-order valence-electron chi connectivity index (χ4n) is 6.66. The van der Waals surface area contributed by atoms with E-state index in [9.17, 15) is 23.6 Å². The standard InChI is InChI=1S/C38H38FN5O4/c1-5-17-42(6-2)32-14-12-28-33-25(32)9-7-10-26(33)35(45)44(37(28)47)21-20-41(4)18-8-15-40-16-19-43-36(46)27-11-13-31(39)29-22-24(3)23-30(34(27)29)38(43)48/h5-7,9-14,17,22-23,40H,2,8,15-16,18-21H2,1,3-4H3/b17-5-. The molecule has 0 unspecified atom stereocenters. The van der Waals surface area contributed by atoms with Crippen LogP contribution in [0.25, 0.3) is 21.5 Å². The monoisotopic (exact) mass is 647 g/mol. The summed E-state index contributed by atoms with van der Waals surface area (Å²) in [6.45, 7) is 10.3. The molecule has 10 heteroatoms. The number of benzene rings is 4. The van der Waals surface area contributed by atoms with Crippen LogP contribution in [0.2, 0.25) is 0 Å². The molecule has 0 saturated heterocycles. The zero-order valence-electron chi connectivity index (χ0n) is 27.4. The van der Waals surface area contributed by atoms with E-state index in [4.69, 9.17) is 0 Å². The highest BCUT2D eigenvalue weighted by atomic mass is 19.1. The molecule has 0 atom stereocenters. The minimum Gasteiger partial charge on any atom is -0.324 e. The van der Waals surface area contributed by atoms with Gasteiger partial charge in [0.15, 0.2) is 0 Å². The highest BCUT2D eigenvalue weighted by Crippen LogP contribution is 2.36. The normalized spacial score (nSPS) is 14.4. The van der Waals surface area contributed by atoms with E-state index in [1.54, 1.807) is 37.4 Å². The van der Waals surface area contributed by atoms with Crippen LogP contribution in [0, 0.1) is 12.7 Å². The van der Waals surface area contributed by atoms with Gasteiger partial charge in [0.1, 0.15) is 5.82 Å². The van der Waals surface area contributed by atoms with Gasteiger partial charge in [0.2, 0.25) is 0 Å². The number of nitrogens with one attached hydrogen (secondary N) is 1. The number of rotatable bonds is 13. The highest BCUT2D eigenvalue weighted by molar-refractivity contribution is 6.27. The molecule has 2 heterocycles. The summed E-state index contributed by atoms with van der Waals surface area (Å²) in [6, 6.07) is 15.3. The molecular weight excluding hydrogens is 609 g/mol. The molecule has 0 spiro atoms. The Morgan fingerprint density at radius 2 is 1.44 bits per heavy atom. The molecular formula is C38H38FN5O4. The first kappa shape index (κ1) is 32.7. The lowest BCUT2D eigenvalue weighted by Crippen LogP contribution is -2.44. The number of halogens is 1. The van der Waals surface area contributed by atoms with Crippen LogP contribution < -0.4 is 10.2 Å². The first-order valence-corrected chi connectivity index (χ1v) is 16.1. The molecule has 0 aromatic heterocycles. The van der Waals surface area contributed by atoms with Gasteiger partial charge in [0.05, 0.1) is 5.69 Å². The third-order valence-corrected chi connectivity index (χ3v) is 9.02. The first-order chi connectivity index (χ1) is 23.2. The summed E-state index contributed by atoms with van der Waals surface area (Å²) in [6.07, 6.45) is 6.24. The molecule has 4 amide bonds. The number of hydrogen-bond donors (Lipinski definition) is 1. The number of carbonyl (C=O) groups is 4. The molecule has 2 aliphatic heterocycles. The molecule has 0 radical (unpaired) electrons. The Morgan fingerprint density at radius 1 is 0.792 bits per heavy atom. The van der Waals surface area contributed by atoms with Crippen LogP contribution in [-0.4, -0.2) is 84.6 Å². The topological polar surface area (TPSA) is 93.3 Å². The van der Waals surface area contributed by atoms with Crippen LogP contribution in [0.5, 0.6) is 0 Å². The zero-order chi connectivity index (χ0) is 34.1. The summed E-state index contributed by atoms with van der Waals surface area (Å²) < 4.78 is 14.5. The van der Waals surface area contributed by atoms with E-state index in [0.717, 1.165) is 23.1 Å². The molecule has 0 saturated carbocycles. The van der Waals surface area contributed by atoms with E-state index in [1.807, 2.05) is 49.3 Å². The molecule has 4 aromatic rings. The van der Waals surface area contributed by atoms with Crippen molar-refractivity contribution < 1.29 is 23.6 Å². The Morgan fingerprint density at radius 3 is 2.15 bits per heavy atom. The van der Waals surface area contributed by atoms with Crippen molar-refractivity contribution in [1.82, 2.24) is 20.0 Å². The van der Waals surface area contributed by atoms with Gasteiger partial charge in [-0.1, -0.05) is 24.8 Å². The third-order valence-electron chi connectivity index (χ3n) is 9.02. The zero-order valence-corrected chi connectivity index (χ0v) is 27.4. The van der Waals surface area contributed by atoms with Crippen LogP contribution in [-0.2, 0) is 0 Å². The minimum atomic E-state index is -0.452. The fraction of sp³-hybridized carbons (Fsp3) is 0.263. The van der Waals surface area contributed by atoms with E-state index in [-0.39, 0.29) is 30.3 Å². The predicted octanol–water partition coefficient (Wildman–Crippen LogP) is 5.73. The van der Waals surface area contributed by atoms with E-state index >= 15 is 0 Å². The minimum absolute atomic E-state index is 0.190. The smallest absolute Gasteiger partial charge is 0.261 e. The van der Waals surface area contributed by atoms with Crippen LogP contribution in [0.3, 0.4) is 0 Å². The number of likely N-dealkylation sites (N-methyl/N-ethyl adjacent to an activating group) is 1. The largest absolute Gasteiger partial charge is 0.324 e. The lowest BCUT2D eigenvalue weighted by molar-refractivity contribution is 0.0589. The van der Waals surface area contributed by atoms with Gasteiger partial charge in [-0.3, -0.25) is 29.0 Å². The highest BCUT2D eigenvalue weighted by Gasteiger charge is 2.35. The fourth-order valence-corrected chi connectivity index (χ4v) is 6.66. The van der Waals surface area contributed by atoms with Crippen LogP contribution in [0.15, 0.2) is 79.7 Å². The average molecular weight is 648 g/mol. The molecule has 0 fully saturated rings. The van der Waals surface area contributed by atoms with Gasteiger partial charge >= 0.3 is 0 Å². The SMILES string of the molecule is C=CN(/C=C\C)c1ccc2c3c(cccc13)C(=O)N(CCN(C)CCCNCCN1C(=O)c3ccc(F)c4cc(C)cc(c34)C1=O)C2=O. The second kappa shape index (κ2) is 13.5. The summed E-state index contributed by atoms with van der Waals surface area (Å²) in [4.78, 5) is 59.9. The number of allylic oxidation sites excluding steroid dienone is 1. The predicted molar refractivity (Wildman–Crippen MR) is 186 cm³/mol. The van der Waals surface area contributed by atoms with Gasteiger partial charge in [-0.2, -0.15) is 0 Å². The van der Waals surface area contributed by atoms with Crippen molar-refractivity contribution in [2.45, 2.75) is 20.3 Å². The van der Waals surface area contributed by atoms with Crippen molar-refractivity contribution in [3.8, 4) is 0 Å². The molecule has 0 aliphatic carbocycles. The molecule has 0 bridgehead atoms. The molecule has 48 heavy (non-hydrogen) atoms. The quantitative estimate of drug-likeness (QED) is 0.146. The first-order valence-electron chi connectivity index (χ1n) is 16.1. The summed E-state index contributed by atoms with van der Waals surface area (Å²) in [5.74, 6) is -1.89. The molecule has 2 aliphatic rings. The van der Waals surface area contributed by atoms with E-state index in [2.05, 4.69) is 16.8 Å². The second-order valence-electron chi connectivity index (χ2n) is 12.2. The Hall–Kier alpha value is -5.19. The van der Waals surface area contributed by atoms with Gasteiger partial charge in [-0.15, -0.1) is 0 Å². The van der Waals surface area contributed by atoms with Crippen molar-refractivity contribution in [3.63, 3.8) is 0 Å². The van der Waals surface area contributed by atoms with Crippen LogP contribution in [0.4, 0.5) is 10.1 Å². The molecule has 9 nitrogen and oxygen atoms in total. The number of amides is 4. The molecule has 1 N–H and O–H groups in total. The Labute approximate surface area is 278 Å². The van der Waals surface area contributed by atoms with Gasteiger partial charge < -0.3 is 15.1 Å². The van der Waals surface area contributed by atoms with Gasteiger partial charge in [0, 0.05) is 82.4 Å². The maximum Gasteiger partial charge on any atom is 0.261 e. The Bertz CT molecular complexity index is 2000. The maximum atomic E-state index is 14.5. The van der Waals surface area contributed by atoms with Gasteiger partial charge in [0.25, 0.3) is 23.6 Å². The second-order valence-corrected chi connectivity index (χ2v) is 12.2. The summed E-state index contributed by atoms with van der Waals surface area (Å²) in [5, 5.41) is 5.45. The average Bonchev–Trinajstić information content (AvgIpc) is 3.08. The lowest BCUT2D eigenvalue weighted by atomic mass is 9.92. The van der Waals surface area contributed by atoms with Gasteiger partial charge in [-0.05, 0) is 88.4 Å².